The van der Waals surface area contributed by atoms with E-state index in [9.17, 15) is 4.79 Å². The third-order valence-corrected chi connectivity index (χ3v) is 4.02. The van der Waals surface area contributed by atoms with Crippen LogP contribution in [0.15, 0.2) is 0 Å². The molecule has 0 aromatic carbocycles. The number of carbonyl (C=O) groups excluding carboxylic acids is 1. The van der Waals surface area contributed by atoms with Crippen molar-refractivity contribution in [3.8, 4) is 0 Å². The first-order valence-corrected chi connectivity index (χ1v) is 6.70. The molecule has 1 amide bonds. The van der Waals surface area contributed by atoms with Gasteiger partial charge in [-0.2, -0.15) is 0 Å². The zero-order valence-electron chi connectivity index (χ0n) is 12.4. The number of piperazine rings is 1. The van der Waals surface area contributed by atoms with Crippen molar-refractivity contribution in [2.45, 2.75) is 32.4 Å². The van der Waals surface area contributed by atoms with Gasteiger partial charge in [-0.15, -0.1) is 0 Å². The minimum atomic E-state index is -0.0249. The van der Waals surface area contributed by atoms with E-state index in [1.165, 1.54) is 0 Å². The molecule has 1 aliphatic rings. The summed E-state index contributed by atoms with van der Waals surface area (Å²) >= 11 is 0. The third kappa shape index (κ3) is 3.43. The number of nitrogens with two attached hydrogens (primary N) is 1. The van der Waals surface area contributed by atoms with Gasteiger partial charge in [-0.3, -0.25) is 14.6 Å². The fourth-order valence-electron chi connectivity index (χ4n) is 2.37. The van der Waals surface area contributed by atoms with Crippen LogP contribution in [-0.2, 0) is 4.79 Å². The van der Waals surface area contributed by atoms with Gasteiger partial charge in [0.05, 0.1) is 6.04 Å². The lowest BCUT2D eigenvalue weighted by molar-refractivity contribution is -0.134. The van der Waals surface area contributed by atoms with Crippen LogP contribution < -0.4 is 5.73 Å². The van der Waals surface area contributed by atoms with Crippen LogP contribution in [0.25, 0.3) is 0 Å². The van der Waals surface area contributed by atoms with Crippen molar-refractivity contribution < 1.29 is 4.79 Å². The number of hydrogen-bond acceptors (Lipinski definition) is 4. The first-order valence-electron chi connectivity index (χ1n) is 6.70. The second-order valence-corrected chi connectivity index (χ2v) is 5.95. The minimum Gasteiger partial charge on any atom is -0.347 e. The zero-order chi connectivity index (χ0) is 13.9. The summed E-state index contributed by atoms with van der Waals surface area (Å²) in [5, 5.41) is 0. The van der Waals surface area contributed by atoms with Gasteiger partial charge in [-0.25, -0.2) is 0 Å². The van der Waals surface area contributed by atoms with Crippen molar-refractivity contribution in [2.24, 2.45) is 5.73 Å². The summed E-state index contributed by atoms with van der Waals surface area (Å²) in [5.41, 5.74) is 5.86. The molecule has 18 heavy (non-hydrogen) atoms. The molecule has 0 aliphatic carbocycles. The molecule has 106 valence electrons. The molecule has 1 atom stereocenters. The van der Waals surface area contributed by atoms with Gasteiger partial charge < -0.3 is 10.6 Å². The van der Waals surface area contributed by atoms with Gasteiger partial charge in [0, 0.05) is 52.4 Å². The van der Waals surface area contributed by atoms with E-state index in [0.29, 0.717) is 6.54 Å². The normalized spacial score (nSPS) is 20.8. The molecule has 0 bridgehead atoms. The van der Waals surface area contributed by atoms with Crippen LogP contribution in [0, 0.1) is 0 Å². The molecule has 2 N–H and O–H groups in total. The van der Waals surface area contributed by atoms with Crippen LogP contribution in [0.1, 0.15) is 20.8 Å². The minimum absolute atomic E-state index is 0.0249. The van der Waals surface area contributed by atoms with Gasteiger partial charge in [-0.1, -0.05) is 0 Å². The van der Waals surface area contributed by atoms with E-state index in [1.54, 1.807) is 4.90 Å². The third-order valence-electron chi connectivity index (χ3n) is 4.02. The smallest absolute Gasteiger partial charge is 0.239 e. The standard InChI is InChI=1S/C13H28N4O/c1-11(12(18)15(4)5)16-6-8-17(9-7-16)13(2,3)10-14/h11H,6-10,14H2,1-5H3. The van der Waals surface area contributed by atoms with Gasteiger partial charge in [0.1, 0.15) is 0 Å². The van der Waals surface area contributed by atoms with E-state index in [4.69, 9.17) is 5.73 Å². The highest BCUT2D eigenvalue weighted by atomic mass is 16.2. The van der Waals surface area contributed by atoms with Crippen LogP contribution in [-0.4, -0.2) is 79.0 Å². The molecule has 5 nitrogen and oxygen atoms in total. The summed E-state index contributed by atoms with van der Waals surface area (Å²) in [6.07, 6.45) is 0. The quantitative estimate of drug-likeness (QED) is 0.758. The summed E-state index contributed by atoms with van der Waals surface area (Å²) in [5.74, 6) is 0.182. The van der Waals surface area contributed by atoms with E-state index in [0.717, 1.165) is 26.2 Å². The molecule has 1 aliphatic heterocycles. The Hall–Kier alpha value is -0.650. The second-order valence-electron chi connectivity index (χ2n) is 5.95. The van der Waals surface area contributed by atoms with E-state index < -0.39 is 0 Å². The molecule has 5 heteroatoms. The molecule has 0 aromatic rings. The highest BCUT2D eigenvalue weighted by Gasteiger charge is 2.31. The lowest BCUT2D eigenvalue weighted by atomic mass is 10.0. The summed E-state index contributed by atoms with van der Waals surface area (Å²) in [6.45, 7) is 10.8. The first-order chi connectivity index (χ1) is 8.29. The maximum absolute atomic E-state index is 11.9. The maximum Gasteiger partial charge on any atom is 0.239 e. The average molecular weight is 256 g/mol. The number of likely N-dealkylation sites (N-methyl/N-ethyl adjacent to an activating group) is 1. The summed E-state index contributed by atoms with van der Waals surface area (Å²) < 4.78 is 0. The van der Waals surface area contributed by atoms with Gasteiger partial charge in [0.25, 0.3) is 0 Å². The van der Waals surface area contributed by atoms with E-state index in [-0.39, 0.29) is 17.5 Å². The maximum atomic E-state index is 11.9. The zero-order valence-corrected chi connectivity index (χ0v) is 12.4. The number of nitrogens with zero attached hydrogens (tertiary/aromatic N) is 3. The van der Waals surface area contributed by atoms with Crippen LogP contribution in [0.3, 0.4) is 0 Å². The number of carbonyl (C=O) groups is 1. The Balaban J connectivity index is 2.52. The van der Waals surface area contributed by atoms with Crippen molar-refractivity contribution in [3.05, 3.63) is 0 Å². The predicted octanol–water partition coefficient (Wildman–Crippen LogP) is -0.182. The fourth-order valence-corrected chi connectivity index (χ4v) is 2.37. The van der Waals surface area contributed by atoms with E-state index >= 15 is 0 Å². The predicted molar refractivity (Wildman–Crippen MR) is 74.4 cm³/mol. The number of hydrogen-bond donors (Lipinski definition) is 1. The molecule has 0 aromatic heterocycles. The van der Waals surface area contributed by atoms with Gasteiger partial charge >= 0.3 is 0 Å². The molecule has 1 unspecified atom stereocenters. The molecular formula is C13H28N4O. The van der Waals surface area contributed by atoms with Crippen LogP contribution in [0.4, 0.5) is 0 Å². The lowest BCUT2D eigenvalue weighted by Crippen LogP contribution is -2.60. The highest BCUT2D eigenvalue weighted by Crippen LogP contribution is 2.17. The molecule has 1 saturated heterocycles. The Morgan fingerprint density at radius 1 is 1.28 bits per heavy atom. The molecule has 0 saturated carbocycles. The van der Waals surface area contributed by atoms with Gasteiger partial charge in [0.15, 0.2) is 0 Å². The van der Waals surface area contributed by atoms with Crippen molar-refractivity contribution in [1.29, 1.82) is 0 Å². The molecule has 1 rings (SSSR count). The Kier molecular flexibility index (Phi) is 5.13. The SMILES string of the molecule is CC(C(=O)N(C)C)N1CCN(C(C)(C)CN)CC1. The van der Waals surface area contributed by atoms with Crippen molar-refractivity contribution in [1.82, 2.24) is 14.7 Å². The Bertz CT molecular complexity index is 283. The van der Waals surface area contributed by atoms with E-state index in [2.05, 4.69) is 23.6 Å². The molecular weight excluding hydrogens is 228 g/mol. The van der Waals surface area contributed by atoms with Crippen molar-refractivity contribution >= 4 is 5.91 Å². The van der Waals surface area contributed by atoms with Crippen molar-refractivity contribution in [3.63, 3.8) is 0 Å². The molecule has 1 heterocycles. The Morgan fingerprint density at radius 2 is 1.78 bits per heavy atom. The van der Waals surface area contributed by atoms with Crippen LogP contribution >= 0.6 is 0 Å². The van der Waals surface area contributed by atoms with E-state index in [1.807, 2.05) is 21.0 Å². The molecule has 1 fully saturated rings. The Labute approximate surface area is 111 Å². The second kappa shape index (κ2) is 5.99. The summed E-state index contributed by atoms with van der Waals surface area (Å²) in [7, 11) is 3.62. The van der Waals surface area contributed by atoms with Gasteiger partial charge in [-0.05, 0) is 20.8 Å². The van der Waals surface area contributed by atoms with Crippen LogP contribution in [0.2, 0.25) is 0 Å². The summed E-state index contributed by atoms with van der Waals surface area (Å²) in [4.78, 5) is 18.3. The number of rotatable bonds is 4. The van der Waals surface area contributed by atoms with Crippen LogP contribution in [0.5, 0.6) is 0 Å². The Morgan fingerprint density at radius 3 is 2.17 bits per heavy atom. The largest absolute Gasteiger partial charge is 0.347 e. The lowest BCUT2D eigenvalue weighted by Gasteiger charge is -2.45. The average Bonchev–Trinajstić information content (AvgIpc) is 2.37. The fraction of sp³-hybridized carbons (Fsp3) is 0.923. The van der Waals surface area contributed by atoms with Crippen molar-refractivity contribution in [2.75, 3.05) is 46.8 Å². The molecule has 0 spiro atoms. The molecule has 0 radical (unpaired) electrons. The monoisotopic (exact) mass is 256 g/mol. The topological polar surface area (TPSA) is 52.8 Å². The van der Waals surface area contributed by atoms with Gasteiger partial charge in [0.2, 0.25) is 5.91 Å². The summed E-state index contributed by atoms with van der Waals surface area (Å²) in [6, 6.07) is -0.0249. The first kappa shape index (κ1) is 15.4. The highest BCUT2D eigenvalue weighted by molar-refractivity contribution is 5.80. The number of amides is 1.